The molecule has 0 radical (unpaired) electrons. The van der Waals surface area contributed by atoms with Gasteiger partial charge in [-0.1, -0.05) is 0 Å². The van der Waals surface area contributed by atoms with Gasteiger partial charge in [0.05, 0.1) is 6.10 Å². The molecule has 0 fully saturated rings. The van der Waals surface area contributed by atoms with E-state index < -0.39 is 0 Å². The normalized spacial score (nSPS) is 13.0. The zero-order valence-electron chi connectivity index (χ0n) is 12.8. The molecule has 1 aromatic carbocycles. The summed E-state index contributed by atoms with van der Waals surface area (Å²) < 4.78 is 5.58. The van der Waals surface area contributed by atoms with Crippen LogP contribution in [0.2, 0.25) is 0 Å². The number of nitrogens with zero attached hydrogens (tertiary/aromatic N) is 2. The number of rotatable bonds is 4. The highest BCUT2D eigenvalue weighted by Gasteiger charge is 2.18. The summed E-state index contributed by atoms with van der Waals surface area (Å²) in [6.07, 6.45) is 4.58. The minimum atomic E-state index is -0.163. The van der Waals surface area contributed by atoms with Crippen molar-refractivity contribution in [3.8, 4) is 5.75 Å². The Balaban J connectivity index is 1.74. The Hall–Kier alpha value is -2.43. The monoisotopic (exact) mass is 297 g/mol. The fourth-order valence-electron chi connectivity index (χ4n) is 2.60. The largest absolute Gasteiger partial charge is 0.491 e. The third-order valence-corrected chi connectivity index (χ3v) is 3.60. The molecule has 22 heavy (non-hydrogen) atoms. The van der Waals surface area contributed by atoms with E-state index in [1.54, 1.807) is 24.3 Å². The molecule has 0 bridgehead atoms. The standard InChI is InChI=1S/C17H19N3O2/c1-11(2)22-13-8-6-12(7-9-13)17(21)20-16-14-4-3-5-15(14)18-10-19-16/h6-11H,3-5H2,1-2H3,(H,18,19,20,21). The Bertz CT molecular complexity index is 681. The van der Waals surface area contributed by atoms with Gasteiger partial charge >= 0.3 is 0 Å². The molecule has 0 unspecified atom stereocenters. The molecule has 0 atom stereocenters. The quantitative estimate of drug-likeness (QED) is 0.942. The SMILES string of the molecule is CC(C)Oc1ccc(C(=O)Nc2ncnc3c2CCC3)cc1. The van der Waals surface area contributed by atoms with Crippen molar-refractivity contribution in [2.24, 2.45) is 0 Å². The number of amides is 1. The van der Waals surface area contributed by atoms with E-state index in [1.165, 1.54) is 6.33 Å². The lowest BCUT2D eigenvalue weighted by Crippen LogP contribution is -2.15. The molecule has 0 spiro atoms. The third-order valence-electron chi connectivity index (χ3n) is 3.60. The van der Waals surface area contributed by atoms with Gasteiger partial charge in [0.15, 0.2) is 0 Å². The lowest BCUT2D eigenvalue weighted by atomic mass is 10.2. The molecular weight excluding hydrogens is 278 g/mol. The molecule has 5 nitrogen and oxygen atoms in total. The molecule has 0 saturated heterocycles. The van der Waals surface area contributed by atoms with Crippen LogP contribution in [0.1, 0.15) is 41.9 Å². The fraction of sp³-hybridized carbons (Fsp3) is 0.353. The molecule has 0 aliphatic heterocycles. The molecule has 3 rings (SSSR count). The van der Waals surface area contributed by atoms with Crippen LogP contribution in [0, 0.1) is 0 Å². The summed E-state index contributed by atoms with van der Waals surface area (Å²) in [5, 5.41) is 2.89. The van der Waals surface area contributed by atoms with Crippen LogP contribution in [0.5, 0.6) is 5.75 Å². The highest BCUT2D eigenvalue weighted by Crippen LogP contribution is 2.25. The van der Waals surface area contributed by atoms with E-state index in [0.717, 1.165) is 36.3 Å². The Morgan fingerprint density at radius 1 is 1.18 bits per heavy atom. The molecule has 1 heterocycles. The number of hydrogen-bond acceptors (Lipinski definition) is 4. The van der Waals surface area contributed by atoms with Gasteiger partial charge in [-0.3, -0.25) is 4.79 Å². The fourth-order valence-corrected chi connectivity index (χ4v) is 2.60. The van der Waals surface area contributed by atoms with Gasteiger partial charge in [0.1, 0.15) is 17.9 Å². The first-order valence-corrected chi connectivity index (χ1v) is 7.54. The number of anilines is 1. The van der Waals surface area contributed by atoms with E-state index >= 15 is 0 Å². The van der Waals surface area contributed by atoms with Crippen LogP contribution >= 0.6 is 0 Å². The molecular formula is C17H19N3O2. The van der Waals surface area contributed by atoms with Crippen LogP contribution in [0.15, 0.2) is 30.6 Å². The van der Waals surface area contributed by atoms with Gasteiger partial charge in [-0.15, -0.1) is 0 Å². The molecule has 5 heteroatoms. The van der Waals surface area contributed by atoms with E-state index in [0.29, 0.717) is 11.4 Å². The number of aryl methyl sites for hydroxylation is 1. The van der Waals surface area contributed by atoms with Crippen LogP contribution in [0.3, 0.4) is 0 Å². The second-order valence-electron chi connectivity index (χ2n) is 5.65. The summed E-state index contributed by atoms with van der Waals surface area (Å²) in [5.41, 5.74) is 2.70. The first-order chi connectivity index (χ1) is 10.6. The number of carbonyl (C=O) groups is 1. The minimum Gasteiger partial charge on any atom is -0.491 e. The van der Waals surface area contributed by atoms with Crippen LogP contribution in [0.25, 0.3) is 0 Å². The van der Waals surface area contributed by atoms with E-state index in [9.17, 15) is 4.79 Å². The Morgan fingerprint density at radius 3 is 2.68 bits per heavy atom. The predicted octanol–water partition coefficient (Wildman–Crippen LogP) is 3.00. The van der Waals surface area contributed by atoms with E-state index in [1.807, 2.05) is 13.8 Å². The second-order valence-corrected chi connectivity index (χ2v) is 5.65. The Labute approximate surface area is 129 Å². The summed E-state index contributed by atoms with van der Waals surface area (Å²) in [6.45, 7) is 3.94. The smallest absolute Gasteiger partial charge is 0.256 e. The molecule has 1 aromatic heterocycles. The number of ether oxygens (including phenoxy) is 1. The van der Waals surface area contributed by atoms with Gasteiger partial charge in [0.25, 0.3) is 5.91 Å². The lowest BCUT2D eigenvalue weighted by Gasteiger charge is -2.11. The third kappa shape index (κ3) is 3.08. The number of hydrogen-bond donors (Lipinski definition) is 1. The Kier molecular flexibility index (Phi) is 4.04. The number of benzene rings is 1. The van der Waals surface area contributed by atoms with Gasteiger partial charge in [-0.05, 0) is 57.4 Å². The van der Waals surface area contributed by atoms with Crippen molar-refractivity contribution in [2.45, 2.75) is 39.2 Å². The molecule has 2 aromatic rings. The maximum atomic E-state index is 12.3. The van der Waals surface area contributed by atoms with Crippen molar-refractivity contribution in [3.63, 3.8) is 0 Å². The average molecular weight is 297 g/mol. The van der Waals surface area contributed by atoms with Crippen LogP contribution < -0.4 is 10.1 Å². The average Bonchev–Trinajstić information content (AvgIpc) is 2.97. The van der Waals surface area contributed by atoms with Crippen molar-refractivity contribution in [3.05, 3.63) is 47.4 Å². The maximum Gasteiger partial charge on any atom is 0.256 e. The molecule has 1 amide bonds. The lowest BCUT2D eigenvalue weighted by molar-refractivity contribution is 0.102. The summed E-state index contributed by atoms with van der Waals surface area (Å²) in [4.78, 5) is 20.8. The van der Waals surface area contributed by atoms with Crippen molar-refractivity contribution in [1.82, 2.24) is 9.97 Å². The first-order valence-electron chi connectivity index (χ1n) is 7.54. The zero-order valence-corrected chi connectivity index (χ0v) is 12.8. The maximum absolute atomic E-state index is 12.3. The molecule has 0 saturated carbocycles. The molecule has 114 valence electrons. The summed E-state index contributed by atoms with van der Waals surface area (Å²) in [6, 6.07) is 7.13. The Morgan fingerprint density at radius 2 is 1.95 bits per heavy atom. The summed E-state index contributed by atoms with van der Waals surface area (Å²) in [7, 11) is 0. The molecule has 1 aliphatic carbocycles. The van der Waals surface area contributed by atoms with E-state index in [2.05, 4.69) is 15.3 Å². The minimum absolute atomic E-state index is 0.114. The van der Waals surface area contributed by atoms with Gasteiger partial charge in [0.2, 0.25) is 0 Å². The molecule has 1 N–H and O–H groups in total. The highest BCUT2D eigenvalue weighted by atomic mass is 16.5. The van der Waals surface area contributed by atoms with Crippen molar-refractivity contribution >= 4 is 11.7 Å². The van der Waals surface area contributed by atoms with Gasteiger partial charge in [-0.25, -0.2) is 9.97 Å². The highest BCUT2D eigenvalue weighted by molar-refractivity contribution is 6.04. The van der Waals surface area contributed by atoms with Gasteiger partial charge in [-0.2, -0.15) is 0 Å². The van der Waals surface area contributed by atoms with Crippen LogP contribution in [0.4, 0.5) is 5.82 Å². The van der Waals surface area contributed by atoms with E-state index in [4.69, 9.17) is 4.74 Å². The summed E-state index contributed by atoms with van der Waals surface area (Å²) >= 11 is 0. The first kappa shape index (κ1) is 14.5. The van der Waals surface area contributed by atoms with Crippen molar-refractivity contribution in [2.75, 3.05) is 5.32 Å². The van der Waals surface area contributed by atoms with Crippen LogP contribution in [-0.2, 0) is 12.8 Å². The van der Waals surface area contributed by atoms with Gasteiger partial charge in [0, 0.05) is 16.8 Å². The van der Waals surface area contributed by atoms with Crippen LogP contribution in [-0.4, -0.2) is 22.0 Å². The second kappa shape index (κ2) is 6.13. The number of aromatic nitrogens is 2. The number of nitrogens with one attached hydrogen (secondary N) is 1. The topological polar surface area (TPSA) is 64.1 Å². The van der Waals surface area contributed by atoms with Crippen molar-refractivity contribution in [1.29, 1.82) is 0 Å². The summed E-state index contributed by atoms with van der Waals surface area (Å²) in [5.74, 6) is 1.23. The predicted molar refractivity (Wildman–Crippen MR) is 84.2 cm³/mol. The van der Waals surface area contributed by atoms with E-state index in [-0.39, 0.29) is 12.0 Å². The molecule has 1 aliphatic rings. The number of carbonyl (C=O) groups excluding carboxylic acids is 1. The number of fused-ring (bicyclic) bond motifs is 1. The van der Waals surface area contributed by atoms with Gasteiger partial charge < -0.3 is 10.1 Å². The zero-order chi connectivity index (χ0) is 15.5. The van der Waals surface area contributed by atoms with Crippen molar-refractivity contribution < 1.29 is 9.53 Å².